The zero-order chi connectivity index (χ0) is 40.9. The average Bonchev–Trinajstić information content (AvgIpc) is 3.22. The summed E-state index contributed by atoms with van der Waals surface area (Å²) in [6.07, 6.45) is 0. The lowest BCUT2D eigenvalue weighted by Crippen LogP contribution is -2.38. The van der Waals surface area contributed by atoms with Crippen molar-refractivity contribution in [1.82, 2.24) is 0 Å². The summed E-state index contributed by atoms with van der Waals surface area (Å²) in [7, 11) is -3.00. The minimum atomic E-state index is -3.00. The monoisotopic (exact) mass is 806 g/mol. The fourth-order valence-corrected chi connectivity index (χ4v) is 7.23. The Morgan fingerprint density at radius 3 is 0.828 bits per heavy atom. The van der Waals surface area contributed by atoms with E-state index in [-0.39, 0.29) is 16.2 Å². The van der Waals surface area contributed by atoms with Gasteiger partial charge in [0.1, 0.15) is 17.5 Å². The van der Waals surface area contributed by atoms with E-state index in [9.17, 15) is 0 Å². The number of rotatable bonds is 6. The predicted octanol–water partition coefficient (Wildman–Crippen LogP) is 12.8. The highest BCUT2D eigenvalue weighted by atomic mass is 19.2. The van der Waals surface area contributed by atoms with Gasteiger partial charge in [0.2, 0.25) is 17.5 Å². The zero-order valence-electron chi connectivity index (χ0n) is 28.5. The van der Waals surface area contributed by atoms with Gasteiger partial charge in [-0.2, -0.15) is 13.2 Å². The van der Waals surface area contributed by atoms with Crippen LogP contribution in [0.4, 0.5) is 52.7 Å². The molecule has 0 fully saturated rings. The molecule has 0 aliphatic heterocycles. The molecule has 0 amide bonds. The van der Waals surface area contributed by atoms with Gasteiger partial charge in [-0.15, -0.1) is 0 Å². The summed E-state index contributed by atoms with van der Waals surface area (Å²) in [4.78, 5) is 0. The van der Waals surface area contributed by atoms with E-state index in [1.54, 1.807) is 0 Å². The molecule has 0 heterocycles. The zero-order valence-corrected chi connectivity index (χ0v) is 28.5. The predicted molar refractivity (Wildman–Crippen MR) is 191 cm³/mol. The van der Waals surface area contributed by atoms with E-state index < -0.39 is 143 Å². The summed E-state index contributed by atoms with van der Waals surface area (Å²) >= 11 is 0. The van der Waals surface area contributed by atoms with E-state index in [1.807, 2.05) is 0 Å². The Labute approximate surface area is 316 Å². The Kier molecular flexibility index (Phi) is 8.49. The van der Waals surface area contributed by atoms with Gasteiger partial charge in [-0.25, -0.2) is 39.5 Å². The van der Waals surface area contributed by atoms with Crippen molar-refractivity contribution in [2.24, 2.45) is 0 Å². The van der Waals surface area contributed by atoms with Gasteiger partial charge in [0.05, 0.1) is 0 Å². The third-order valence-corrected chi connectivity index (χ3v) is 9.77. The quantitative estimate of drug-likeness (QED) is 0.0725. The SMILES string of the molecule is Fc1c(F)c(F)c2c(ccc3cccc(F)c32)c1OB(Oc1c(F)c(F)c(F)c2c1ccc1cccc(F)c12)Oc1c(F)c(F)c(F)c2c1ccc1cccc(F)c12. The lowest BCUT2D eigenvalue weighted by Gasteiger charge is -2.22. The second-order valence-electron chi connectivity index (χ2n) is 12.9. The van der Waals surface area contributed by atoms with Gasteiger partial charge in [-0.05, 0) is 52.6 Å². The first-order chi connectivity index (χ1) is 27.8. The number of benzene rings is 9. The van der Waals surface area contributed by atoms with Crippen LogP contribution in [-0.4, -0.2) is 7.32 Å². The first kappa shape index (κ1) is 36.8. The van der Waals surface area contributed by atoms with Crippen LogP contribution in [0.25, 0.3) is 64.6 Å². The van der Waals surface area contributed by atoms with Gasteiger partial charge in [-0.3, -0.25) is 0 Å². The van der Waals surface area contributed by atoms with Crippen molar-refractivity contribution in [1.29, 1.82) is 0 Å². The van der Waals surface area contributed by atoms with Crippen LogP contribution in [0.1, 0.15) is 0 Å². The van der Waals surface area contributed by atoms with Gasteiger partial charge in [0.25, 0.3) is 0 Å². The second kappa shape index (κ2) is 13.4. The Morgan fingerprint density at radius 2 is 0.552 bits per heavy atom. The van der Waals surface area contributed by atoms with Crippen LogP contribution >= 0.6 is 0 Å². The van der Waals surface area contributed by atoms with Gasteiger partial charge >= 0.3 is 7.32 Å². The number of halogens is 12. The molecule has 0 spiro atoms. The van der Waals surface area contributed by atoms with E-state index in [4.69, 9.17) is 14.0 Å². The smallest absolute Gasteiger partial charge is 0.486 e. The summed E-state index contributed by atoms with van der Waals surface area (Å²) in [6.45, 7) is 0. The molecule has 0 saturated carbocycles. The summed E-state index contributed by atoms with van der Waals surface area (Å²) in [5, 5.41) is -6.64. The maximum absolute atomic E-state index is 15.9. The molecule has 288 valence electrons. The minimum Gasteiger partial charge on any atom is -0.486 e. The summed E-state index contributed by atoms with van der Waals surface area (Å²) in [5.74, 6) is -26.3. The molecule has 0 radical (unpaired) electrons. The fourth-order valence-electron chi connectivity index (χ4n) is 7.23. The maximum Gasteiger partial charge on any atom is 0.864 e. The largest absolute Gasteiger partial charge is 0.864 e. The van der Waals surface area contributed by atoms with Crippen LogP contribution in [0.3, 0.4) is 0 Å². The lowest BCUT2D eigenvalue weighted by atomic mass is 9.98. The van der Waals surface area contributed by atoms with Crippen molar-refractivity contribution in [2.75, 3.05) is 0 Å². The molecule has 0 bridgehead atoms. The van der Waals surface area contributed by atoms with Gasteiger partial charge in [0.15, 0.2) is 52.2 Å². The van der Waals surface area contributed by atoms with Crippen molar-refractivity contribution in [3.05, 3.63) is 161 Å². The van der Waals surface area contributed by atoms with Crippen LogP contribution in [0.5, 0.6) is 17.2 Å². The van der Waals surface area contributed by atoms with Crippen LogP contribution in [0.15, 0.2) is 91.0 Å². The van der Waals surface area contributed by atoms with Crippen molar-refractivity contribution >= 4 is 72.0 Å². The molecule has 0 saturated heterocycles. The van der Waals surface area contributed by atoms with Gasteiger partial charge in [0, 0.05) is 48.5 Å². The number of hydrogen-bond acceptors (Lipinski definition) is 3. The van der Waals surface area contributed by atoms with Crippen LogP contribution in [-0.2, 0) is 0 Å². The molecule has 58 heavy (non-hydrogen) atoms. The number of hydrogen-bond donors (Lipinski definition) is 0. The molecule has 9 aromatic rings. The molecule has 9 aromatic carbocycles. The van der Waals surface area contributed by atoms with Crippen molar-refractivity contribution in [3.8, 4) is 17.2 Å². The Hall–Kier alpha value is -6.84. The second-order valence-corrected chi connectivity index (χ2v) is 12.9. The third kappa shape index (κ3) is 5.34. The molecule has 0 N–H and O–H groups in total. The Bertz CT molecular complexity index is 2920. The lowest BCUT2D eigenvalue weighted by molar-refractivity contribution is 0.283. The standard InChI is InChI=1S/C42H15BF12O3/c44-22-7-1-4-16-10-13-19-28(25(16)22)31(47)34(50)37(53)40(19)56-43(57-41-20-14-11-17-5-2-8-23(45)26(17)29(20)32(48)35(51)38(41)54)58-42-21-15-12-18-6-3-9-24(46)27(18)30(21)33(49)36(52)39(42)55/h1-15H. The summed E-state index contributed by atoms with van der Waals surface area (Å²) in [6, 6.07) is 16.5. The van der Waals surface area contributed by atoms with Crippen LogP contribution in [0, 0.1) is 69.8 Å². The van der Waals surface area contributed by atoms with Gasteiger partial charge < -0.3 is 14.0 Å². The van der Waals surface area contributed by atoms with E-state index >= 15 is 52.7 Å². The highest BCUT2D eigenvalue weighted by Gasteiger charge is 2.40. The Morgan fingerprint density at radius 1 is 0.276 bits per heavy atom. The summed E-state index contributed by atoms with van der Waals surface area (Å²) < 4.78 is 202. The van der Waals surface area contributed by atoms with E-state index in [0.717, 1.165) is 54.6 Å². The molecule has 0 aromatic heterocycles. The highest BCUT2D eigenvalue weighted by Crippen LogP contribution is 2.44. The summed E-state index contributed by atoms with van der Waals surface area (Å²) in [5.41, 5.74) is 0. The molecule has 16 heteroatoms. The van der Waals surface area contributed by atoms with Crippen LogP contribution in [0.2, 0.25) is 0 Å². The normalized spacial score (nSPS) is 11.8. The van der Waals surface area contributed by atoms with Crippen molar-refractivity contribution in [3.63, 3.8) is 0 Å². The third-order valence-electron chi connectivity index (χ3n) is 9.77. The first-order valence-electron chi connectivity index (χ1n) is 16.8. The van der Waals surface area contributed by atoms with E-state index in [2.05, 4.69) is 0 Å². The van der Waals surface area contributed by atoms with E-state index in [0.29, 0.717) is 0 Å². The molecule has 9 rings (SSSR count). The minimum absolute atomic E-state index is 0.00279. The maximum atomic E-state index is 15.9. The molecule has 0 unspecified atom stereocenters. The van der Waals surface area contributed by atoms with Crippen LogP contribution < -0.4 is 14.0 Å². The molecular formula is C42H15BF12O3. The first-order valence-corrected chi connectivity index (χ1v) is 16.8. The molecular weight excluding hydrogens is 791 g/mol. The van der Waals surface area contributed by atoms with E-state index in [1.165, 1.54) is 36.4 Å². The average molecular weight is 806 g/mol. The molecule has 0 aliphatic rings. The van der Waals surface area contributed by atoms with Gasteiger partial charge in [-0.1, -0.05) is 54.6 Å². The molecule has 0 aliphatic carbocycles. The molecule has 0 atom stereocenters. The number of fused-ring (bicyclic) bond motifs is 9. The topological polar surface area (TPSA) is 27.7 Å². The fraction of sp³-hybridized carbons (Fsp3) is 0. The van der Waals surface area contributed by atoms with Crippen molar-refractivity contribution in [2.45, 2.75) is 0 Å². The molecule has 3 nitrogen and oxygen atoms in total. The Balaban J connectivity index is 1.32. The highest BCUT2D eigenvalue weighted by molar-refractivity contribution is 6.40. The van der Waals surface area contributed by atoms with Crippen molar-refractivity contribution < 1.29 is 66.6 Å².